The predicted octanol–water partition coefficient (Wildman–Crippen LogP) is 0.936. The molecule has 0 bridgehead atoms. The molecule has 18 heavy (non-hydrogen) atoms. The molecule has 0 heterocycles. The van der Waals surface area contributed by atoms with E-state index in [0.29, 0.717) is 24.2 Å². The van der Waals surface area contributed by atoms with Crippen LogP contribution in [-0.4, -0.2) is 44.4 Å². The monoisotopic (exact) mass is 249 g/mol. The number of nitrogens with one attached hydrogen (secondary N) is 2. The predicted molar refractivity (Wildman–Crippen MR) is 71.6 cm³/mol. The molecule has 0 atom stereocenters. The van der Waals surface area contributed by atoms with Crippen molar-refractivity contribution in [3.63, 3.8) is 0 Å². The van der Waals surface area contributed by atoms with Crippen LogP contribution >= 0.6 is 0 Å². The number of rotatable bonds is 5. The van der Waals surface area contributed by atoms with Gasteiger partial charge in [0.2, 0.25) is 5.91 Å². The summed E-state index contributed by atoms with van der Waals surface area (Å²) in [7, 11) is 5.21. The van der Waals surface area contributed by atoms with Crippen LogP contribution in [0.2, 0.25) is 0 Å². The van der Waals surface area contributed by atoms with Crippen molar-refractivity contribution < 1.29 is 9.59 Å². The van der Waals surface area contributed by atoms with Crippen LogP contribution < -0.4 is 10.6 Å². The molecule has 0 saturated carbocycles. The van der Waals surface area contributed by atoms with Gasteiger partial charge in [-0.25, -0.2) is 0 Å². The third-order valence-electron chi connectivity index (χ3n) is 2.42. The highest BCUT2D eigenvalue weighted by atomic mass is 16.2. The minimum atomic E-state index is -0.0527. The van der Waals surface area contributed by atoms with Crippen molar-refractivity contribution in [3.05, 3.63) is 29.8 Å². The Morgan fingerprint density at radius 3 is 2.28 bits per heavy atom. The molecule has 0 saturated heterocycles. The van der Waals surface area contributed by atoms with Gasteiger partial charge in [-0.3, -0.25) is 9.59 Å². The summed E-state index contributed by atoms with van der Waals surface area (Å²) in [6.45, 7) is 0.642. The molecule has 0 fully saturated rings. The fraction of sp³-hybridized carbons (Fsp3) is 0.385. The quantitative estimate of drug-likeness (QED) is 0.816. The Morgan fingerprint density at radius 1 is 1.17 bits per heavy atom. The minimum Gasteiger partial charge on any atom is -0.345 e. The summed E-state index contributed by atoms with van der Waals surface area (Å²) in [6, 6.07) is 6.87. The Balaban J connectivity index is 2.60. The summed E-state index contributed by atoms with van der Waals surface area (Å²) in [6.07, 6.45) is 0.425. The molecule has 98 valence electrons. The Labute approximate surface area is 107 Å². The Bertz CT molecular complexity index is 413. The van der Waals surface area contributed by atoms with Crippen LogP contribution in [0.25, 0.3) is 0 Å². The van der Waals surface area contributed by atoms with Crippen LogP contribution in [0.5, 0.6) is 0 Å². The number of anilines is 1. The maximum atomic E-state index is 11.6. The standard InChI is InChI=1S/C13H19N3O2/c1-14-9-8-12(17)15-11-6-4-10(5-7-11)13(18)16(2)3/h4-7,14H,8-9H2,1-3H3,(H,15,17). The van der Waals surface area contributed by atoms with Crippen molar-refractivity contribution in [2.75, 3.05) is 33.0 Å². The van der Waals surface area contributed by atoms with Gasteiger partial charge in [-0.15, -0.1) is 0 Å². The van der Waals surface area contributed by atoms with Gasteiger partial charge in [-0.2, -0.15) is 0 Å². The van der Waals surface area contributed by atoms with Crippen molar-refractivity contribution in [1.82, 2.24) is 10.2 Å². The Hall–Kier alpha value is -1.88. The van der Waals surface area contributed by atoms with E-state index < -0.39 is 0 Å². The molecular weight excluding hydrogens is 230 g/mol. The van der Waals surface area contributed by atoms with Gasteiger partial charge >= 0.3 is 0 Å². The number of benzene rings is 1. The Kier molecular flexibility index (Phi) is 5.32. The van der Waals surface area contributed by atoms with E-state index in [9.17, 15) is 9.59 Å². The van der Waals surface area contributed by atoms with Crippen molar-refractivity contribution in [1.29, 1.82) is 0 Å². The first kappa shape index (κ1) is 14.2. The molecule has 2 amide bonds. The highest BCUT2D eigenvalue weighted by Crippen LogP contribution is 2.11. The lowest BCUT2D eigenvalue weighted by atomic mass is 10.2. The molecule has 2 N–H and O–H groups in total. The first-order chi connectivity index (χ1) is 8.54. The van der Waals surface area contributed by atoms with E-state index in [1.54, 1.807) is 45.4 Å². The normalized spacial score (nSPS) is 9.94. The van der Waals surface area contributed by atoms with E-state index >= 15 is 0 Å². The summed E-state index contributed by atoms with van der Waals surface area (Å²) in [5.74, 6) is -0.0981. The van der Waals surface area contributed by atoms with Crippen LogP contribution in [0.3, 0.4) is 0 Å². The molecular formula is C13H19N3O2. The van der Waals surface area contributed by atoms with Crippen molar-refractivity contribution >= 4 is 17.5 Å². The molecule has 0 radical (unpaired) electrons. The molecule has 5 heteroatoms. The topological polar surface area (TPSA) is 61.4 Å². The number of carbonyl (C=O) groups excluding carboxylic acids is 2. The SMILES string of the molecule is CNCCC(=O)Nc1ccc(C(=O)N(C)C)cc1. The van der Waals surface area contributed by atoms with Gasteiger partial charge < -0.3 is 15.5 Å². The second-order valence-electron chi connectivity index (χ2n) is 4.18. The van der Waals surface area contributed by atoms with Gasteiger partial charge in [-0.1, -0.05) is 0 Å². The van der Waals surface area contributed by atoms with E-state index in [-0.39, 0.29) is 11.8 Å². The van der Waals surface area contributed by atoms with E-state index in [0.717, 1.165) is 0 Å². The van der Waals surface area contributed by atoms with Crippen LogP contribution in [-0.2, 0) is 4.79 Å². The smallest absolute Gasteiger partial charge is 0.253 e. The van der Waals surface area contributed by atoms with Gasteiger partial charge in [0, 0.05) is 38.3 Å². The maximum Gasteiger partial charge on any atom is 0.253 e. The van der Waals surface area contributed by atoms with Gasteiger partial charge in [-0.05, 0) is 31.3 Å². The fourth-order valence-corrected chi connectivity index (χ4v) is 1.42. The van der Waals surface area contributed by atoms with E-state index in [4.69, 9.17) is 0 Å². The molecule has 0 aromatic heterocycles. The van der Waals surface area contributed by atoms with Gasteiger partial charge in [0.25, 0.3) is 5.91 Å². The number of nitrogens with zero attached hydrogens (tertiary/aromatic N) is 1. The lowest BCUT2D eigenvalue weighted by Gasteiger charge is -2.11. The summed E-state index contributed by atoms with van der Waals surface area (Å²) < 4.78 is 0. The second kappa shape index (κ2) is 6.76. The number of carbonyl (C=O) groups is 2. The molecule has 0 unspecified atom stereocenters. The molecule has 1 aromatic rings. The van der Waals surface area contributed by atoms with Gasteiger partial charge in [0.05, 0.1) is 0 Å². The molecule has 1 aromatic carbocycles. The molecule has 0 spiro atoms. The summed E-state index contributed by atoms with van der Waals surface area (Å²) in [5, 5.41) is 5.68. The summed E-state index contributed by atoms with van der Waals surface area (Å²) >= 11 is 0. The van der Waals surface area contributed by atoms with Crippen LogP contribution in [0, 0.1) is 0 Å². The third kappa shape index (κ3) is 4.18. The molecule has 5 nitrogen and oxygen atoms in total. The zero-order chi connectivity index (χ0) is 13.5. The minimum absolute atomic E-state index is 0.0453. The number of hydrogen-bond donors (Lipinski definition) is 2. The molecule has 1 rings (SSSR count). The maximum absolute atomic E-state index is 11.6. The number of amides is 2. The average Bonchev–Trinajstić information content (AvgIpc) is 2.36. The van der Waals surface area contributed by atoms with Gasteiger partial charge in [0.1, 0.15) is 0 Å². The molecule has 0 aliphatic carbocycles. The van der Waals surface area contributed by atoms with Gasteiger partial charge in [0.15, 0.2) is 0 Å². The first-order valence-corrected chi connectivity index (χ1v) is 5.80. The zero-order valence-corrected chi connectivity index (χ0v) is 11.0. The van der Waals surface area contributed by atoms with Crippen LogP contribution in [0.1, 0.15) is 16.8 Å². The Morgan fingerprint density at radius 2 is 1.78 bits per heavy atom. The first-order valence-electron chi connectivity index (χ1n) is 5.80. The van der Waals surface area contributed by atoms with Crippen LogP contribution in [0.4, 0.5) is 5.69 Å². The average molecular weight is 249 g/mol. The van der Waals surface area contributed by atoms with Crippen LogP contribution in [0.15, 0.2) is 24.3 Å². The van der Waals surface area contributed by atoms with Crippen molar-refractivity contribution in [2.24, 2.45) is 0 Å². The number of hydrogen-bond acceptors (Lipinski definition) is 3. The highest BCUT2D eigenvalue weighted by molar-refractivity contribution is 5.95. The molecule has 0 aliphatic rings. The second-order valence-corrected chi connectivity index (χ2v) is 4.18. The summed E-state index contributed by atoms with van der Waals surface area (Å²) in [5.41, 5.74) is 1.31. The lowest BCUT2D eigenvalue weighted by molar-refractivity contribution is -0.116. The summed E-state index contributed by atoms with van der Waals surface area (Å²) in [4.78, 5) is 24.6. The van der Waals surface area contributed by atoms with E-state index in [1.807, 2.05) is 0 Å². The van der Waals surface area contributed by atoms with Crippen molar-refractivity contribution in [2.45, 2.75) is 6.42 Å². The van der Waals surface area contributed by atoms with Crippen molar-refractivity contribution in [3.8, 4) is 0 Å². The zero-order valence-electron chi connectivity index (χ0n) is 11.0. The fourth-order valence-electron chi connectivity index (χ4n) is 1.42. The highest BCUT2D eigenvalue weighted by Gasteiger charge is 2.07. The molecule has 0 aliphatic heterocycles. The van der Waals surface area contributed by atoms with E-state index in [1.165, 1.54) is 4.90 Å². The lowest BCUT2D eigenvalue weighted by Crippen LogP contribution is -2.21. The van der Waals surface area contributed by atoms with E-state index in [2.05, 4.69) is 10.6 Å². The third-order valence-corrected chi connectivity index (χ3v) is 2.42. The largest absolute Gasteiger partial charge is 0.345 e.